The highest BCUT2D eigenvalue weighted by molar-refractivity contribution is 7.12. The quantitative estimate of drug-likeness (QED) is 0.745. The number of benzene rings is 1. The van der Waals surface area contributed by atoms with E-state index < -0.39 is 11.7 Å². The van der Waals surface area contributed by atoms with Gasteiger partial charge in [-0.1, -0.05) is 18.2 Å². The Labute approximate surface area is 119 Å². The fourth-order valence-electron chi connectivity index (χ4n) is 2.18. The summed E-state index contributed by atoms with van der Waals surface area (Å²) in [5.41, 5.74) is 1.32. The largest absolute Gasteiger partial charge is 0.416 e. The van der Waals surface area contributed by atoms with Crippen molar-refractivity contribution in [2.24, 2.45) is 0 Å². The molecule has 1 aromatic carbocycles. The number of thiophene rings is 1. The van der Waals surface area contributed by atoms with Gasteiger partial charge in [-0.2, -0.15) is 13.2 Å². The molecule has 20 heavy (non-hydrogen) atoms. The summed E-state index contributed by atoms with van der Waals surface area (Å²) in [5, 5.41) is 0. The van der Waals surface area contributed by atoms with E-state index in [4.69, 9.17) is 0 Å². The van der Waals surface area contributed by atoms with Crippen molar-refractivity contribution in [3.8, 4) is 0 Å². The molecule has 0 unspecified atom stereocenters. The summed E-state index contributed by atoms with van der Waals surface area (Å²) in [6.07, 6.45) is -3.22. The lowest BCUT2D eigenvalue weighted by Gasteiger charge is -2.09. The van der Waals surface area contributed by atoms with Crippen LogP contribution in [-0.4, -0.2) is 6.29 Å². The molecule has 1 aromatic heterocycles. The van der Waals surface area contributed by atoms with Crippen LogP contribution in [0.3, 0.4) is 0 Å². The number of rotatable bonds is 3. The van der Waals surface area contributed by atoms with Crippen molar-refractivity contribution < 1.29 is 18.0 Å². The molecule has 0 aliphatic rings. The molecule has 2 rings (SSSR count). The van der Waals surface area contributed by atoms with Crippen LogP contribution in [0.1, 0.15) is 36.8 Å². The van der Waals surface area contributed by atoms with Crippen LogP contribution in [-0.2, 0) is 12.6 Å². The zero-order valence-corrected chi connectivity index (χ0v) is 11.9. The molecule has 0 saturated heterocycles. The first-order valence-electron chi connectivity index (χ1n) is 6.03. The maximum absolute atomic E-state index is 12.7. The average Bonchev–Trinajstić information content (AvgIpc) is 2.63. The van der Waals surface area contributed by atoms with E-state index in [1.807, 2.05) is 13.8 Å². The molecule has 0 fully saturated rings. The van der Waals surface area contributed by atoms with Crippen LogP contribution in [0.15, 0.2) is 24.3 Å². The van der Waals surface area contributed by atoms with Gasteiger partial charge in [0.25, 0.3) is 0 Å². The zero-order chi connectivity index (χ0) is 14.9. The van der Waals surface area contributed by atoms with E-state index in [2.05, 4.69) is 0 Å². The van der Waals surface area contributed by atoms with E-state index >= 15 is 0 Å². The van der Waals surface area contributed by atoms with E-state index in [1.54, 1.807) is 6.07 Å². The van der Waals surface area contributed by atoms with E-state index in [9.17, 15) is 18.0 Å². The topological polar surface area (TPSA) is 17.1 Å². The van der Waals surface area contributed by atoms with Crippen molar-refractivity contribution in [1.29, 1.82) is 0 Å². The molecule has 0 amide bonds. The molecule has 1 heterocycles. The van der Waals surface area contributed by atoms with Gasteiger partial charge >= 0.3 is 6.18 Å². The molecule has 0 aliphatic heterocycles. The van der Waals surface area contributed by atoms with Gasteiger partial charge in [0.15, 0.2) is 6.29 Å². The molecule has 0 atom stereocenters. The summed E-state index contributed by atoms with van der Waals surface area (Å²) in [6, 6.07) is 5.24. The third kappa shape index (κ3) is 2.93. The predicted octanol–water partition coefficient (Wildman–Crippen LogP) is 4.79. The summed E-state index contributed by atoms with van der Waals surface area (Å²) < 4.78 is 38.0. The monoisotopic (exact) mass is 298 g/mol. The minimum absolute atomic E-state index is 0.341. The molecule has 0 aliphatic carbocycles. The van der Waals surface area contributed by atoms with Gasteiger partial charge < -0.3 is 0 Å². The van der Waals surface area contributed by atoms with Gasteiger partial charge in [-0.15, -0.1) is 11.3 Å². The molecule has 0 saturated carbocycles. The Morgan fingerprint density at radius 2 is 1.90 bits per heavy atom. The maximum atomic E-state index is 12.7. The molecule has 0 N–H and O–H groups in total. The Hall–Kier alpha value is -1.62. The van der Waals surface area contributed by atoms with Crippen molar-refractivity contribution in [2.75, 3.05) is 0 Å². The number of halogens is 3. The van der Waals surface area contributed by atoms with Gasteiger partial charge in [0, 0.05) is 15.3 Å². The van der Waals surface area contributed by atoms with E-state index in [1.165, 1.54) is 17.4 Å². The highest BCUT2D eigenvalue weighted by atomic mass is 32.1. The van der Waals surface area contributed by atoms with Crippen molar-refractivity contribution in [1.82, 2.24) is 0 Å². The Morgan fingerprint density at radius 1 is 1.20 bits per heavy atom. The molecular weight excluding hydrogens is 285 g/mol. The highest BCUT2D eigenvalue weighted by Crippen LogP contribution is 2.32. The van der Waals surface area contributed by atoms with E-state index in [0.29, 0.717) is 17.5 Å². The molecule has 2 aromatic rings. The lowest BCUT2D eigenvalue weighted by Crippen LogP contribution is -2.05. The number of alkyl halides is 3. The van der Waals surface area contributed by atoms with Gasteiger partial charge in [0.1, 0.15) is 0 Å². The Kier molecular flexibility index (Phi) is 3.99. The molecular formula is C15H13F3OS. The molecule has 0 radical (unpaired) electrons. The van der Waals surface area contributed by atoms with Crippen LogP contribution < -0.4 is 0 Å². The van der Waals surface area contributed by atoms with Crippen LogP contribution in [0, 0.1) is 13.8 Å². The fourth-order valence-corrected chi connectivity index (χ4v) is 3.23. The van der Waals surface area contributed by atoms with Gasteiger partial charge in [-0.3, -0.25) is 4.79 Å². The van der Waals surface area contributed by atoms with E-state index in [-0.39, 0.29) is 0 Å². The first-order valence-corrected chi connectivity index (χ1v) is 6.84. The Morgan fingerprint density at radius 3 is 2.50 bits per heavy atom. The summed E-state index contributed by atoms with van der Waals surface area (Å²) in [6.45, 7) is 3.73. The number of carbonyl (C=O) groups excluding carboxylic acids is 1. The lowest BCUT2D eigenvalue weighted by molar-refractivity contribution is -0.137. The second-order valence-electron chi connectivity index (χ2n) is 4.60. The second-order valence-corrected chi connectivity index (χ2v) is 6.03. The van der Waals surface area contributed by atoms with Crippen molar-refractivity contribution in [2.45, 2.75) is 26.4 Å². The van der Waals surface area contributed by atoms with Crippen LogP contribution >= 0.6 is 11.3 Å². The lowest BCUT2D eigenvalue weighted by atomic mass is 9.99. The fraction of sp³-hybridized carbons (Fsp3) is 0.267. The molecule has 0 bridgehead atoms. The third-order valence-electron chi connectivity index (χ3n) is 3.19. The summed E-state index contributed by atoms with van der Waals surface area (Å²) in [5.74, 6) is 0. The Bertz CT molecular complexity index is 641. The van der Waals surface area contributed by atoms with Gasteiger partial charge in [-0.25, -0.2) is 0 Å². The minimum atomic E-state index is -4.34. The zero-order valence-electron chi connectivity index (χ0n) is 11.0. The van der Waals surface area contributed by atoms with Gasteiger partial charge in [-0.05, 0) is 37.5 Å². The summed E-state index contributed by atoms with van der Waals surface area (Å²) in [4.78, 5) is 13.0. The first kappa shape index (κ1) is 14.8. The number of hydrogen-bond donors (Lipinski definition) is 0. The minimum Gasteiger partial charge on any atom is -0.298 e. The summed E-state index contributed by atoms with van der Waals surface area (Å²) in [7, 11) is 0. The van der Waals surface area contributed by atoms with Crippen molar-refractivity contribution in [3.05, 3.63) is 56.3 Å². The molecule has 1 nitrogen and oxygen atoms in total. The maximum Gasteiger partial charge on any atom is 0.416 e. The van der Waals surface area contributed by atoms with Crippen LogP contribution in [0.25, 0.3) is 0 Å². The number of aldehydes is 1. The summed E-state index contributed by atoms with van der Waals surface area (Å²) >= 11 is 1.50. The van der Waals surface area contributed by atoms with Crippen LogP contribution in [0.5, 0.6) is 0 Å². The number of hydrogen-bond acceptors (Lipinski definition) is 2. The van der Waals surface area contributed by atoms with Gasteiger partial charge in [0.2, 0.25) is 0 Å². The number of aryl methyl sites for hydroxylation is 2. The normalized spacial score (nSPS) is 11.7. The third-order valence-corrected chi connectivity index (χ3v) is 4.27. The number of carbonyl (C=O) groups is 1. The molecule has 106 valence electrons. The Balaban J connectivity index is 2.38. The second kappa shape index (κ2) is 5.40. The average molecular weight is 298 g/mol. The first-order chi connectivity index (χ1) is 9.32. The predicted molar refractivity (Wildman–Crippen MR) is 73.4 cm³/mol. The van der Waals surface area contributed by atoms with Gasteiger partial charge in [0.05, 0.1) is 5.56 Å². The van der Waals surface area contributed by atoms with Crippen molar-refractivity contribution >= 4 is 17.6 Å². The SMILES string of the molecule is Cc1sc(C)c(Cc2cccc(C(F)(F)F)c2)c1C=O. The highest BCUT2D eigenvalue weighted by Gasteiger charge is 2.30. The smallest absolute Gasteiger partial charge is 0.298 e. The standard InChI is InChI=1S/C15H13F3OS/c1-9-13(14(8-19)10(2)20-9)7-11-4-3-5-12(6-11)15(16,17)18/h3-6,8H,7H2,1-2H3. The van der Waals surface area contributed by atoms with E-state index in [0.717, 1.165) is 33.7 Å². The van der Waals surface area contributed by atoms with Crippen molar-refractivity contribution in [3.63, 3.8) is 0 Å². The van der Waals surface area contributed by atoms with Crippen LogP contribution in [0.2, 0.25) is 0 Å². The molecule has 0 spiro atoms. The molecule has 5 heteroatoms. The van der Waals surface area contributed by atoms with Crippen LogP contribution in [0.4, 0.5) is 13.2 Å².